The zero-order chi connectivity index (χ0) is 14.9. The van der Waals surface area contributed by atoms with E-state index in [1.807, 2.05) is 0 Å². The Hall–Kier alpha value is -0.790. The van der Waals surface area contributed by atoms with E-state index < -0.39 is 5.97 Å². The van der Waals surface area contributed by atoms with Crippen LogP contribution in [0.25, 0.3) is 0 Å². The van der Waals surface area contributed by atoms with Gasteiger partial charge in [0.25, 0.3) is 0 Å². The number of carbonyl (C=O) groups is 1. The lowest BCUT2D eigenvalue weighted by Crippen LogP contribution is -1.93. The Bertz CT molecular complexity index is 234. The van der Waals surface area contributed by atoms with Gasteiger partial charge in [0.05, 0.1) is 0 Å². The minimum atomic E-state index is -0.664. The van der Waals surface area contributed by atoms with Crippen molar-refractivity contribution in [3.05, 3.63) is 12.2 Å². The molecule has 0 aliphatic rings. The Morgan fingerprint density at radius 3 is 1.70 bits per heavy atom. The molecule has 0 radical (unpaired) electrons. The lowest BCUT2D eigenvalue weighted by Gasteiger charge is -1.99. The third-order valence-corrected chi connectivity index (χ3v) is 3.65. The molecule has 118 valence electrons. The first kappa shape index (κ1) is 19.2. The SMILES string of the molecule is CCCCCCCC/C=C/CCCCCCC[14C](=O)O. The Morgan fingerprint density at radius 2 is 1.20 bits per heavy atom. The smallest absolute Gasteiger partial charge is 0.303 e. The van der Waals surface area contributed by atoms with Gasteiger partial charge in [-0.1, -0.05) is 70.4 Å². The summed E-state index contributed by atoms with van der Waals surface area (Å²) in [5.74, 6) is -0.664. The Kier molecular flexibility index (Phi) is 15.6. The zero-order valence-electron chi connectivity index (χ0n) is 13.4. The fraction of sp³-hybridized carbons (Fsp3) is 0.833. The summed E-state index contributed by atoms with van der Waals surface area (Å²) < 4.78 is 0. The number of hydrogen-bond acceptors (Lipinski definition) is 1. The maximum atomic E-state index is 10.3. The highest BCUT2D eigenvalue weighted by molar-refractivity contribution is 5.66. The first-order valence-electron chi connectivity index (χ1n) is 8.64. The van der Waals surface area contributed by atoms with Crippen molar-refractivity contribution >= 4 is 5.97 Å². The quantitative estimate of drug-likeness (QED) is 0.291. The second-order valence-electron chi connectivity index (χ2n) is 5.73. The third kappa shape index (κ3) is 17.2. The number of unbranched alkanes of at least 4 members (excludes halogenated alkanes) is 11. The molecule has 0 aromatic heterocycles. The topological polar surface area (TPSA) is 37.3 Å². The van der Waals surface area contributed by atoms with Crippen molar-refractivity contribution in [2.75, 3.05) is 0 Å². The molecular formula is C18H34O2. The summed E-state index contributed by atoms with van der Waals surface area (Å²) in [6, 6.07) is 0. The summed E-state index contributed by atoms with van der Waals surface area (Å²) in [6.45, 7) is 2.26. The molecule has 0 saturated heterocycles. The van der Waals surface area contributed by atoms with Gasteiger partial charge in [0.15, 0.2) is 0 Å². The first-order chi connectivity index (χ1) is 9.77. The van der Waals surface area contributed by atoms with Gasteiger partial charge in [-0.25, -0.2) is 0 Å². The fourth-order valence-electron chi connectivity index (χ4n) is 2.35. The van der Waals surface area contributed by atoms with Crippen LogP contribution in [-0.4, -0.2) is 11.1 Å². The van der Waals surface area contributed by atoms with Crippen molar-refractivity contribution in [2.45, 2.75) is 96.8 Å². The molecule has 0 saturated carbocycles. The highest BCUT2D eigenvalue weighted by Gasteiger charge is 1.95. The molecule has 0 rings (SSSR count). The van der Waals surface area contributed by atoms with Crippen molar-refractivity contribution in [1.82, 2.24) is 0 Å². The van der Waals surface area contributed by atoms with Crippen LogP contribution in [0.15, 0.2) is 12.2 Å². The van der Waals surface area contributed by atoms with E-state index in [4.69, 9.17) is 5.11 Å². The van der Waals surface area contributed by atoms with Gasteiger partial charge in [0, 0.05) is 6.42 Å². The van der Waals surface area contributed by atoms with Crippen LogP contribution in [0, 0.1) is 0 Å². The Labute approximate surface area is 125 Å². The molecule has 1 N–H and O–H groups in total. The molecule has 0 aliphatic heterocycles. The van der Waals surface area contributed by atoms with Crippen LogP contribution in [0.5, 0.6) is 0 Å². The molecule has 0 aromatic carbocycles. The highest BCUT2D eigenvalue weighted by atomic mass is 16.6. The first-order valence-corrected chi connectivity index (χ1v) is 8.64. The lowest BCUT2D eigenvalue weighted by atomic mass is 10.1. The maximum absolute atomic E-state index is 10.3. The lowest BCUT2D eigenvalue weighted by molar-refractivity contribution is -0.137. The molecule has 0 aliphatic carbocycles. The van der Waals surface area contributed by atoms with Gasteiger partial charge in [0.2, 0.25) is 0 Å². The predicted molar refractivity (Wildman–Crippen MR) is 87.1 cm³/mol. The second kappa shape index (κ2) is 16.3. The summed E-state index contributed by atoms with van der Waals surface area (Å²) in [7, 11) is 0. The Balaban J connectivity index is 3.07. The van der Waals surface area contributed by atoms with E-state index in [0.717, 1.165) is 12.8 Å². The minimum Gasteiger partial charge on any atom is -0.481 e. The molecule has 0 amide bonds. The Morgan fingerprint density at radius 1 is 0.750 bits per heavy atom. The van der Waals surface area contributed by atoms with Gasteiger partial charge in [-0.05, 0) is 32.1 Å². The van der Waals surface area contributed by atoms with Gasteiger partial charge in [0.1, 0.15) is 0 Å². The monoisotopic (exact) mass is 284 g/mol. The molecular weight excluding hydrogens is 250 g/mol. The normalized spacial score (nSPS) is 11.2. The number of aliphatic carboxylic acids is 1. The molecule has 0 atom stereocenters. The highest BCUT2D eigenvalue weighted by Crippen LogP contribution is 2.09. The van der Waals surface area contributed by atoms with E-state index in [1.165, 1.54) is 70.6 Å². The molecule has 0 fully saturated rings. The van der Waals surface area contributed by atoms with E-state index in [1.54, 1.807) is 0 Å². The number of rotatable bonds is 15. The molecule has 0 unspecified atom stereocenters. The van der Waals surface area contributed by atoms with Crippen molar-refractivity contribution in [3.63, 3.8) is 0 Å². The van der Waals surface area contributed by atoms with Gasteiger partial charge in [-0.3, -0.25) is 4.79 Å². The van der Waals surface area contributed by atoms with Crippen molar-refractivity contribution < 1.29 is 9.90 Å². The van der Waals surface area contributed by atoms with Gasteiger partial charge < -0.3 is 5.11 Å². The average Bonchev–Trinajstić information content (AvgIpc) is 2.43. The minimum absolute atomic E-state index is 0.332. The van der Waals surface area contributed by atoms with Crippen LogP contribution in [0.3, 0.4) is 0 Å². The van der Waals surface area contributed by atoms with E-state index in [0.29, 0.717) is 6.42 Å². The predicted octanol–water partition coefficient (Wildman–Crippen LogP) is 6.11. The van der Waals surface area contributed by atoms with E-state index >= 15 is 0 Å². The number of carboxylic acids is 1. The van der Waals surface area contributed by atoms with Crippen molar-refractivity contribution in [2.24, 2.45) is 0 Å². The summed E-state index contributed by atoms with van der Waals surface area (Å²) in [6.07, 6.45) is 21.2. The van der Waals surface area contributed by atoms with Crippen LogP contribution in [-0.2, 0) is 4.79 Å². The number of carboxylic acid groups (broad SMARTS) is 1. The summed E-state index contributed by atoms with van der Waals surface area (Å²) >= 11 is 0. The number of allylic oxidation sites excluding steroid dienone is 2. The summed E-state index contributed by atoms with van der Waals surface area (Å²) in [5.41, 5.74) is 0. The fourth-order valence-corrected chi connectivity index (χ4v) is 2.35. The summed E-state index contributed by atoms with van der Waals surface area (Å²) in [4.78, 5) is 10.3. The molecule has 0 bridgehead atoms. The largest absolute Gasteiger partial charge is 0.481 e. The molecule has 20 heavy (non-hydrogen) atoms. The van der Waals surface area contributed by atoms with Crippen LogP contribution in [0.1, 0.15) is 96.8 Å². The second-order valence-corrected chi connectivity index (χ2v) is 5.73. The molecule has 0 heterocycles. The van der Waals surface area contributed by atoms with Crippen molar-refractivity contribution in [1.29, 1.82) is 0 Å². The van der Waals surface area contributed by atoms with Gasteiger partial charge >= 0.3 is 5.97 Å². The third-order valence-electron chi connectivity index (χ3n) is 3.65. The zero-order valence-corrected chi connectivity index (χ0v) is 13.4. The van der Waals surface area contributed by atoms with E-state index in [2.05, 4.69) is 19.1 Å². The maximum Gasteiger partial charge on any atom is 0.303 e. The van der Waals surface area contributed by atoms with Crippen LogP contribution < -0.4 is 0 Å². The van der Waals surface area contributed by atoms with Crippen LogP contribution >= 0.6 is 0 Å². The van der Waals surface area contributed by atoms with E-state index in [9.17, 15) is 4.79 Å². The molecule has 0 spiro atoms. The van der Waals surface area contributed by atoms with E-state index in [-0.39, 0.29) is 0 Å². The van der Waals surface area contributed by atoms with Gasteiger partial charge in [-0.2, -0.15) is 0 Å². The molecule has 0 aromatic rings. The number of hydrogen-bond donors (Lipinski definition) is 1. The molecule has 2 heteroatoms. The van der Waals surface area contributed by atoms with Crippen molar-refractivity contribution in [3.8, 4) is 0 Å². The molecule has 2 nitrogen and oxygen atoms in total. The van der Waals surface area contributed by atoms with Crippen LogP contribution in [0.4, 0.5) is 0 Å². The van der Waals surface area contributed by atoms with Gasteiger partial charge in [-0.15, -0.1) is 0 Å². The standard InChI is InChI=1S/C18H34O2/c1-2-3-4-5-6-7-8-9-10-11-12-13-14-15-16-17-18(19)20/h9-10H,2-8,11-17H2,1H3,(H,19,20)/b10-9+/i18+2. The van der Waals surface area contributed by atoms with Crippen LogP contribution in [0.2, 0.25) is 0 Å². The summed E-state index contributed by atoms with van der Waals surface area (Å²) in [5, 5.41) is 8.51. The average molecular weight is 284 g/mol.